The molecule has 13 heavy (non-hydrogen) atoms. The summed E-state index contributed by atoms with van der Waals surface area (Å²) in [6, 6.07) is 0. The predicted molar refractivity (Wildman–Crippen MR) is 68.4 cm³/mol. The van der Waals surface area contributed by atoms with E-state index in [0.29, 0.717) is 0 Å². The summed E-state index contributed by atoms with van der Waals surface area (Å²) in [5.74, 6) is 0. The molecule has 0 saturated heterocycles. The molecule has 0 unspecified atom stereocenters. The zero-order valence-electron chi connectivity index (χ0n) is 11.3. The zero-order valence-corrected chi connectivity index (χ0v) is 11.3. The smallest absolute Gasteiger partial charge is 0.0353 e. The van der Waals surface area contributed by atoms with Crippen molar-refractivity contribution in [3.63, 3.8) is 0 Å². The van der Waals surface area contributed by atoms with E-state index < -0.39 is 0 Å². The molecule has 0 N–H and O–H groups in total. The van der Waals surface area contributed by atoms with Gasteiger partial charge in [0.2, 0.25) is 0 Å². The lowest BCUT2D eigenvalue weighted by molar-refractivity contribution is 0.957. The Kier molecular flexibility index (Phi) is 107. The fourth-order valence-corrected chi connectivity index (χ4v) is 0.333. The molecule has 0 nitrogen and oxygen atoms in total. The van der Waals surface area contributed by atoms with E-state index in [9.17, 15) is 0 Å². The van der Waals surface area contributed by atoms with Crippen LogP contribution in [-0.2, 0) is 0 Å². The summed E-state index contributed by atoms with van der Waals surface area (Å²) >= 11 is 0. The zero-order chi connectivity index (χ0) is 11.5. The Morgan fingerprint density at radius 2 is 1.15 bits per heavy atom. The van der Waals surface area contributed by atoms with Gasteiger partial charge in [-0.15, -0.1) is 0 Å². The second-order valence-electron chi connectivity index (χ2n) is 2.06. The van der Waals surface area contributed by atoms with E-state index in [1.807, 2.05) is 27.7 Å². The van der Waals surface area contributed by atoms with Crippen molar-refractivity contribution in [2.45, 2.75) is 74.7 Å². The van der Waals surface area contributed by atoms with Gasteiger partial charge in [0, 0.05) is 0 Å². The third-order valence-electron chi connectivity index (χ3n) is 0.691. The number of hydrogen-bond acceptors (Lipinski definition) is 0. The first-order valence-corrected chi connectivity index (χ1v) is 5.94. The average Bonchev–Trinajstić information content (AvgIpc) is 2.22. The predicted octanol–water partition coefficient (Wildman–Crippen LogP) is 5.83. The summed E-state index contributed by atoms with van der Waals surface area (Å²) in [4.78, 5) is 0. The topological polar surface area (TPSA) is 0 Å². The maximum atomic E-state index is 2.18. The van der Waals surface area contributed by atoms with Gasteiger partial charge in [0.05, 0.1) is 0 Å². The van der Waals surface area contributed by atoms with Crippen LogP contribution >= 0.6 is 0 Å². The fraction of sp³-hybridized carbons (Fsp3) is 0.846. The Labute approximate surface area is 87.4 Å². The van der Waals surface area contributed by atoms with Gasteiger partial charge >= 0.3 is 0 Å². The van der Waals surface area contributed by atoms with Crippen molar-refractivity contribution in [3.05, 3.63) is 12.2 Å². The van der Waals surface area contributed by atoms with Crippen LogP contribution in [-0.4, -0.2) is 0 Å². The van der Waals surface area contributed by atoms with Crippen molar-refractivity contribution in [1.82, 2.24) is 0 Å². The first-order chi connectivity index (χ1) is 6.33. The summed E-state index contributed by atoms with van der Waals surface area (Å²) in [5, 5.41) is 0. The average molecular weight is 188 g/mol. The molecular weight excluding hydrogens is 156 g/mol. The Hall–Kier alpha value is -0.260. The summed E-state index contributed by atoms with van der Waals surface area (Å²) < 4.78 is 0. The Balaban J connectivity index is -0.0000000493. The third-order valence-corrected chi connectivity index (χ3v) is 0.691. The number of hydrogen-bond donors (Lipinski definition) is 0. The molecule has 0 aromatic carbocycles. The Morgan fingerprint density at radius 3 is 1.23 bits per heavy atom. The summed E-state index contributed by atoms with van der Waals surface area (Å²) in [6.45, 7) is 16.5. The molecule has 0 atom stereocenters. The fourth-order valence-electron chi connectivity index (χ4n) is 0.333. The second-order valence-corrected chi connectivity index (χ2v) is 2.06. The van der Waals surface area contributed by atoms with Gasteiger partial charge in [0.15, 0.2) is 0 Å². The first-order valence-electron chi connectivity index (χ1n) is 5.94. The maximum Gasteiger partial charge on any atom is -0.0353 e. The molecule has 0 radical (unpaired) electrons. The molecule has 0 aliphatic carbocycles. The maximum absolute atomic E-state index is 2.18. The highest BCUT2D eigenvalue weighted by molar-refractivity contribution is 4.75. The van der Waals surface area contributed by atoms with Crippen molar-refractivity contribution >= 4 is 0 Å². The van der Waals surface area contributed by atoms with Crippen LogP contribution < -0.4 is 0 Å². The van der Waals surface area contributed by atoms with Crippen LogP contribution in [0.15, 0.2) is 12.2 Å². The van der Waals surface area contributed by atoms with Crippen molar-refractivity contribution in [3.8, 4) is 0 Å². The lowest BCUT2D eigenvalue weighted by atomic mass is 10.3. The van der Waals surface area contributed by atoms with Gasteiger partial charge < -0.3 is 0 Å². The minimum Gasteiger partial charge on any atom is -0.0917 e. The Morgan fingerprint density at radius 1 is 0.846 bits per heavy atom. The van der Waals surface area contributed by atoms with Crippen LogP contribution in [0.25, 0.3) is 0 Å². The molecule has 0 amide bonds. The largest absolute Gasteiger partial charge is 0.0917 e. The van der Waals surface area contributed by atoms with Gasteiger partial charge in [-0.3, -0.25) is 0 Å². The second kappa shape index (κ2) is 60.3. The standard InChI is InChI=1S/C6H12.C3H8.2C2H6/c1-3-5-6-4-2;1-3-2;2*1-2/h3,5H,4,6H2,1-2H3;3H2,1-2H3;2*1-2H3/b5-3-;;;. The van der Waals surface area contributed by atoms with E-state index in [1.165, 1.54) is 19.3 Å². The molecule has 0 saturated carbocycles. The molecule has 0 bridgehead atoms. The van der Waals surface area contributed by atoms with Crippen molar-refractivity contribution in [1.29, 1.82) is 0 Å². The minimum atomic E-state index is 1.23. The first kappa shape index (κ1) is 23.0. The highest BCUT2D eigenvalue weighted by Gasteiger charge is 1.64. The van der Waals surface area contributed by atoms with E-state index in [4.69, 9.17) is 0 Å². The molecule has 0 spiro atoms. The lowest BCUT2D eigenvalue weighted by Crippen LogP contribution is -1.55. The minimum absolute atomic E-state index is 1.23. The molecule has 0 heteroatoms. The van der Waals surface area contributed by atoms with Crippen LogP contribution in [0.2, 0.25) is 0 Å². The van der Waals surface area contributed by atoms with Crippen LogP contribution in [0, 0.1) is 0 Å². The van der Waals surface area contributed by atoms with Crippen molar-refractivity contribution in [2.75, 3.05) is 0 Å². The van der Waals surface area contributed by atoms with E-state index in [0.717, 1.165) is 0 Å². The van der Waals surface area contributed by atoms with Gasteiger partial charge in [0.1, 0.15) is 0 Å². The third kappa shape index (κ3) is 148. The van der Waals surface area contributed by atoms with Crippen LogP contribution in [0.1, 0.15) is 74.7 Å². The number of allylic oxidation sites excluding steroid dienone is 2. The summed E-state index contributed by atoms with van der Waals surface area (Å²) in [6.07, 6.45) is 8.02. The number of unbranched alkanes of at least 4 members (excludes halogenated alkanes) is 1. The number of rotatable bonds is 2. The molecule has 0 rings (SSSR count). The SMILES string of the molecule is C/C=C\CCC.CC.CC.CCC. The van der Waals surface area contributed by atoms with E-state index in [-0.39, 0.29) is 0 Å². The highest BCUT2D eigenvalue weighted by Crippen LogP contribution is 1.85. The van der Waals surface area contributed by atoms with Crippen molar-refractivity contribution in [2.24, 2.45) is 0 Å². The van der Waals surface area contributed by atoms with Gasteiger partial charge in [-0.05, 0) is 13.3 Å². The quantitative estimate of drug-likeness (QED) is 0.478. The molecule has 0 aromatic rings. The van der Waals surface area contributed by atoms with Gasteiger partial charge in [-0.2, -0.15) is 0 Å². The Bertz CT molecular complexity index is 44.0. The van der Waals surface area contributed by atoms with E-state index >= 15 is 0 Å². The summed E-state index contributed by atoms with van der Waals surface area (Å²) in [7, 11) is 0. The van der Waals surface area contributed by atoms with Gasteiger partial charge in [-0.25, -0.2) is 0 Å². The molecule has 84 valence electrons. The molecule has 0 aliphatic rings. The molecule has 0 aliphatic heterocycles. The normalized spacial score (nSPS) is 7.08. The van der Waals surface area contributed by atoms with Crippen LogP contribution in [0.5, 0.6) is 0 Å². The highest BCUT2D eigenvalue weighted by atomic mass is 13.7. The van der Waals surface area contributed by atoms with Crippen LogP contribution in [0.4, 0.5) is 0 Å². The lowest BCUT2D eigenvalue weighted by Gasteiger charge is -1.76. The van der Waals surface area contributed by atoms with E-state index in [2.05, 4.69) is 39.8 Å². The van der Waals surface area contributed by atoms with Gasteiger partial charge in [-0.1, -0.05) is 73.5 Å². The van der Waals surface area contributed by atoms with Gasteiger partial charge in [0.25, 0.3) is 0 Å². The molecule has 0 heterocycles. The molecular formula is C13H32. The van der Waals surface area contributed by atoms with Crippen molar-refractivity contribution < 1.29 is 0 Å². The van der Waals surface area contributed by atoms with Crippen LogP contribution in [0.3, 0.4) is 0 Å². The summed E-state index contributed by atoms with van der Waals surface area (Å²) in [5.41, 5.74) is 0. The monoisotopic (exact) mass is 188 g/mol. The molecule has 0 fully saturated rings. The molecule has 0 aromatic heterocycles. The van der Waals surface area contributed by atoms with E-state index in [1.54, 1.807) is 0 Å².